The predicted molar refractivity (Wildman–Crippen MR) is 52.2 cm³/mol. The highest BCUT2D eigenvalue weighted by atomic mass is 19.3. The lowest BCUT2D eigenvalue weighted by molar-refractivity contribution is -0.142. The van der Waals surface area contributed by atoms with Crippen LogP contribution in [0.15, 0.2) is 0 Å². The second-order valence-electron chi connectivity index (χ2n) is 4.24. The van der Waals surface area contributed by atoms with Crippen LogP contribution in [0.1, 0.15) is 26.7 Å². The number of amides is 1. The topological polar surface area (TPSA) is 57.6 Å². The number of hydrogen-bond acceptors (Lipinski definition) is 2. The fourth-order valence-electron chi connectivity index (χ4n) is 1.61. The maximum atomic E-state index is 13.0. The van der Waals surface area contributed by atoms with Crippen LogP contribution in [0.2, 0.25) is 0 Å². The number of carbonyl (C=O) groups excluding carboxylic acids is 1. The van der Waals surface area contributed by atoms with Gasteiger partial charge in [0, 0.05) is 19.5 Å². The highest BCUT2D eigenvalue weighted by Gasteiger charge is 2.73. The first-order valence-electron chi connectivity index (χ1n) is 5.13. The third-order valence-electron chi connectivity index (χ3n) is 2.99. The van der Waals surface area contributed by atoms with Gasteiger partial charge >= 0.3 is 5.97 Å². The number of nitrogens with zero attached hydrogens (tertiary/aromatic N) is 1. The van der Waals surface area contributed by atoms with Crippen molar-refractivity contribution in [1.82, 2.24) is 4.90 Å². The van der Waals surface area contributed by atoms with E-state index in [4.69, 9.17) is 5.11 Å². The Morgan fingerprint density at radius 3 is 2.25 bits per heavy atom. The third-order valence-corrected chi connectivity index (χ3v) is 2.99. The molecule has 0 aromatic rings. The van der Waals surface area contributed by atoms with E-state index in [1.54, 1.807) is 6.92 Å². The number of aliphatic carboxylic acids is 1. The highest BCUT2D eigenvalue weighted by molar-refractivity contribution is 5.87. The standard InChI is InChI=1S/C10H15F2NO3/c1-3-13(5-4-7(14)15)8(16)9(2)6-10(9,11)12/h3-6H2,1-2H3,(H,14,15). The Morgan fingerprint density at radius 2 is 1.94 bits per heavy atom. The van der Waals surface area contributed by atoms with Crippen molar-refractivity contribution in [3.63, 3.8) is 0 Å². The Kier molecular flexibility index (Phi) is 3.21. The Bertz CT molecular complexity index is 319. The summed E-state index contributed by atoms with van der Waals surface area (Å²) in [5, 5.41) is 8.47. The van der Waals surface area contributed by atoms with Crippen molar-refractivity contribution >= 4 is 11.9 Å². The van der Waals surface area contributed by atoms with Gasteiger partial charge in [0.05, 0.1) is 6.42 Å². The summed E-state index contributed by atoms with van der Waals surface area (Å²) < 4.78 is 25.9. The average Bonchev–Trinajstić information content (AvgIpc) is 2.67. The Labute approximate surface area is 92.2 Å². The zero-order chi connectivity index (χ0) is 12.6. The van der Waals surface area contributed by atoms with Crippen molar-refractivity contribution in [3.8, 4) is 0 Å². The molecule has 0 aromatic carbocycles. The highest BCUT2D eigenvalue weighted by Crippen LogP contribution is 2.61. The number of alkyl halides is 2. The number of halogens is 2. The zero-order valence-electron chi connectivity index (χ0n) is 9.30. The van der Waals surface area contributed by atoms with Crippen molar-refractivity contribution in [2.45, 2.75) is 32.6 Å². The Hall–Kier alpha value is -1.20. The molecule has 1 aliphatic carbocycles. The molecule has 1 atom stereocenters. The van der Waals surface area contributed by atoms with Crippen molar-refractivity contribution < 1.29 is 23.5 Å². The van der Waals surface area contributed by atoms with Gasteiger partial charge < -0.3 is 10.0 Å². The van der Waals surface area contributed by atoms with Crippen molar-refractivity contribution in [3.05, 3.63) is 0 Å². The minimum absolute atomic E-state index is 0.0175. The van der Waals surface area contributed by atoms with E-state index in [1.165, 1.54) is 11.8 Å². The van der Waals surface area contributed by atoms with E-state index >= 15 is 0 Å². The second-order valence-corrected chi connectivity index (χ2v) is 4.24. The van der Waals surface area contributed by atoms with Crippen LogP contribution in [-0.4, -0.2) is 40.9 Å². The van der Waals surface area contributed by atoms with Crippen LogP contribution in [0, 0.1) is 5.41 Å². The molecule has 0 aromatic heterocycles. The first kappa shape index (κ1) is 12.9. The number of carbonyl (C=O) groups is 2. The number of hydrogen-bond donors (Lipinski definition) is 1. The van der Waals surface area contributed by atoms with E-state index in [9.17, 15) is 18.4 Å². The molecule has 0 aliphatic heterocycles. The largest absolute Gasteiger partial charge is 0.481 e. The van der Waals surface area contributed by atoms with Crippen molar-refractivity contribution in [2.24, 2.45) is 5.41 Å². The molecule has 0 heterocycles. The molecule has 16 heavy (non-hydrogen) atoms. The summed E-state index contributed by atoms with van der Waals surface area (Å²) in [6.45, 7) is 3.09. The SMILES string of the molecule is CCN(CCC(=O)O)C(=O)C1(C)CC1(F)F. The Balaban J connectivity index is 2.61. The molecule has 4 nitrogen and oxygen atoms in total. The van der Waals surface area contributed by atoms with Crippen LogP contribution < -0.4 is 0 Å². The van der Waals surface area contributed by atoms with Crippen LogP contribution in [0.5, 0.6) is 0 Å². The lowest BCUT2D eigenvalue weighted by Gasteiger charge is -2.23. The molecule has 1 fully saturated rings. The maximum absolute atomic E-state index is 13.0. The van der Waals surface area contributed by atoms with Gasteiger partial charge in [-0.2, -0.15) is 0 Å². The quantitative estimate of drug-likeness (QED) is 0.782. The average molecular weight is 235 g/mol. The molecule has 1 unspecified atom stereocenters. The zero-order valence-corrected chi connectivity index (χ0v) is 9.30. The summed E-state index contributed by atoms with van der Waals surface area (Å²) in [6, 6.07) is 0. The van der Waals surface area contributed by atoms with E-state index in [2.05, 4.69) is 0 Å². The van der Waals surface area contributed by atoms with E-state index in [0.29, 0.717) is 0 Å². The molecule has 1 N–H and O–H groups in total. The number of carboxylic acid groups (broad SMARTS) is 1. The van der Waals surface area contributed by atoms with Gasteiger partial charge in [0.25, 0.3) is 5.92 Å². The van der Waals surface area contributed by atoms with Crippen LogP contribution in [0.25, 0.3) is 0 Å². The first-order chi connectivity index (χ1) is 7.24. The van der Waals surface area contributed by atoms with Crippen LogP contribution in [0.4, 0.5) is 8.78 Å². The fraction of sp³-hybridized carbons (Fsp3) is 0.800. The monoisotopic (exact) mass is 235 g/mol. The molecule has 1 saturated carbocycles. The first-order valence-corrected chi connectivity index (χ1v) is 5.13. The molecule has 0 saturated heterocycles. The van der Waals surface area contributed by atoms with Crippen LogP contribution >= 0.6 is 0 Å². The summed E-state index contributed by atoms with van der Waals surface area (Å²) in [5.74, 6) is -4.64. The molecule has 6 heteroatoms. The predicted octanol–water partition coefficient (Wildman–Crippen LogP) is 1.35. The van der Waals surface area contributed by atoms with E-state index in [-0.39, 0.29) is 19.5 Å². The molecule has 0 spiro atoms. The van der Waals surface area contributed by atoms with Gasteiger partial charge in [-0.15, -0.1) is 0 Å². The fourth-order valence-corrected chi connectivity index (χ4v) is 1.61. The van der Waals surface area contributed by atoms with Crippen molar-refractivity contribution in [1.29, 1.82) is 0 Å². The molecule has 1 rings (SSSR count). The van der Waals surface area contributed by atoms with Gasteiger partial charge in [-0.05, 0) is 13.8 Å². The summed E-state index contributed by atoms with van der Waals surface area (Å²) in [7, 11) is 0. The van der Waals surface area contributed by atoms with E-state index < -0.39 is 29.6 Å². The van der Waals surface area contributed by atoms with E-state index in [1.807, 2.05) is 0 Å². The molecule has 1 aliphatic rings. The molecule has 0 bridgehead atoms. The number of rotatable bonds is 5. The lowest BCUT2D eigenvalue weighted by Crippen LogP contribution is -2.39. The summed E-state index contributed by atoms with van der Waals surface area (Å²) in [6.07, 6.45) is -0.663. The van der Waals surface area contributed by atoms with Gasteiger partial charge in [0.1, 0.15) is 5.41 Å². The maximum Gasteiger partial charge on any atom is 0.305 e. The van der Waals surface area contributed by atoms with Gasteiger partial charge in [0.15, 0.2) is 0 Å². The van der Waals surface area contributed by atoms with Gasteiger partial charge in [-0.25, -0.2) is 8.78 Å². The lowest BCUT2D eigenvalue weighted by atomic mass is 10.1. The molecular weight excluding hydrogens is 220 g/mol. The summed E-state index contributed by atoms with van der Waals surface area (Å²) in [4.78, 5) is 23.3. The Morgan fingerprint density at radius 1 is 1.44 bits per heavy atom. The smallest absolute Gasteiger partial charge is 0.305 e. The minimum atomic E-state index is -2.94. The molecule has 0 radical (unpaired) electrons. The minimum Gasteiger partial charge on any atom is -0.481 e. The molecule has 92 valence electrons. The van der Waals surface area contributed by atoms with Gasteiger partial charge in [-0.1, -0.05) is 0 Å². The molecule has 1 amide bonds. The third kappa shape index (κ3) is 2.15. The van der Waals surface area contributed by atoms with Gasteiger partial charge in [-0.3, -0.25) is 9.59 Å². The second kappa shape index (κ2) is 3.99. The normalized spacial score (nSPS) is 26.2. The van der Waals surface area contributed by atoms with Crippen LogP contribution in [0.3, 0.4) is 0 Å². The number of carboxylic acids is 1. The summed E-state index contributed by atoms with van der Waals surface area (Å²) in [5.41, 5.74) is -1.62. The van der Waals surface area contributed by atoms with Crippen molar-refractivity contribution in [2.75, 3.05) is 13.1 Å². The van der Waals surface area contributed by atoms with Crippen LogP contribution in [-0.2, 0) is 9.59 Å². The van der Waals surface area contributed by atoms with E-state index in [0.717, 1.165) is 0 Å². The van der Waals surface area contributed by atoms with Gasteiger partial charge in [0.2, 0.25) is 5.91 Å². The molecular formula is C10H15F2NO3. The summed E-state index contributed by atoms with van der Waals surface area (Å²) >= 11 is 0.